The summed E-state index contributed by atoms with van der Waals surface area (Å²) in [5.41, 5.74) is 1.06. The number of rotatable bonds is 6. The number of aromatic nitrogens is 3. The van der Waals surface area contributed by atoms with E-state index < -0.39 is 0 Å². The number of carbonyl (C=O) groups excluding carboxylic acids is 2. The Morgan fingerprint density at radius 3 is 2.48 bits per heavy atom. The standard InChI is InChI=1S/C19H21N5O3/c1-22(13-17(25)21-14-6-8-15(27-3)9-7-14)19(26)16-12-20-23(2)18(16)24-10-4-5-11-24/h4-12H,13H2,1-3H3,(H,21,25). The van der Waals surface area contributed by atoms with Gasteiger partial charge in [0.05, 0.1) is 19.9 Å². The number of carbonyl (C=O) groups is 2. The van der Waals surface area contributed by atoms with E-state index in [1.54, 1.807) is 50.2 Å². The van der Waals surface area contributed by atoms with Crippen molar-refractivity contribution in [3.8, 4) is 11.6 Å². The molecule has 0 fully saturated rings. The average molecular weight is 367 g/mol. The van der Waals surface area contributed by atoms with Gasteiger partial charge in [0.25, 0.3) is 5.91 Å². The Hall–Kier alpha value is -3.55. The van der Waals surface area contributed by atoms with E-state index in [0.717, 1.165) is 0 Å². The molecule has 140 valence electrons. The van der Waals surface area contributed by atoms with Gasteiger partial charge in [0.2, 0.25) is 5.91 Å². The minimum Gasteiger partial charge on any atom is -0.497 e. The van der Waals surface area contributed by atoms with Gasteiger partial charge in [-0.1, -0.05) is 0 Å². The second kappa shape index (κ2) is 7.77. The third-order valence-electron chi connectivity index (χ3n) is 4.09. The van der Waals surface area contributed by atoms with Crippen LogP contribution in [-0.4, -0.2) is 51.8 Å². The van der Waals surface area contributed by atoms with Crippen LogP contribution in [0.25, 0.3) is 5.82 Å². The van der Waals surface area contributed by atoms with Gasteiger partial charge in [-0.25, -0.2) is 0 Å². The normalized spacial score (nSPS) is 10.5. The Balaban J connectivity index is 1.68. The smallest absolute Gasteiger partial charge is 0.259 e. The molecule has 0 atom stereocenters. The lowest BCUT2D eigenvalue weighted by atomic mass is 10.2. The predicted octanol–water partition coefficient (Wildman–Crippen LogP) is 1.93. The van der Waals surface area contributed by atoms with Crippen molar-refractivity contribution in [1.82, 2.24) is 19.2 Å². The first kappa shape index (κ1) is 18.2. The number of likely N-dealkylation sites (N-methyl/N-ethyl adjacent to an activating group) is 1. The summed E-state index contributed by atoms with van der Waals surface area (Å²) in [7, 11) is 4.93. The molecule has 0 bridgehead atoms. The maximum Gasteiger partial charge on any atom is 0.259 e. The van der Waals surface area contributed by atoms with Gasteiger partial charge in [-0.15, -0.1) is 0 Å². The fraction of sp³-hybridized carbons (Fsp3) is 0.211. The van der Waals surface area contributed by atoms with Crippen LogP contribution in [0.15, 0.2) is 55.0 Å². The number of aryl methyl sites for hydroxylation is 1. The quantitative estimate of drug-likeness (QED) is 0.722. The first-order valence-electron chi connectivity index (χ1n) is 8.34. The van der Waals surface area contributed by atoms with E-state index in [1.807, 2.05) is 29.1 Å². The monoisotopic (exact) mass is 367 g/mol. The van der Waals surface area contributed by atoms with E-state index in [4.69, 9.17) is 4.74 Å². The Morgan fingerprint density at radius 2 is 1.85 bits per heavy atom. The van der Waals surface area contributed by atoms with Crippen LogP contribution < -0.4 is 10.1 Å². The van der Waals surface area contributed by atoms with Crippen molar-refractivity contribution in [3.05, 3.63) is 60.6 Å². The molecule has 2 amide bonds. The molecule has 3 aromatic rings. The number of nitrogens with one attached hydrogen (secondary N) is 1. The van der Waals surface area contributed by atoms with Crippen LogP contribution >= 0.6 is 0 Å². The number of hydrogen-bond donors (Lipinski definition) is 1. The Labute approximate surface area is 157 Å². The highest BCUT2D eigenvalue weighted by atomic mass is 16.5. The summed E-state index contributed by atoms with van der Waals surface area (Å²) in [6.45, 7) is -0.0785. The second-order valence-corrected chi connectivity index (χ2v) is 6.03. The third kappa shape index (κ3) is 4.00. The van der Waals surface area contributed by atoms with Crippen molar-refractivity contribution in [3.63, 3.8) is 0 Å². The number of hydrogen-bond acceptors (Lipinski definition) is 4. The van der Waals surface area contributed by atoms with Gasteiger partial charge in [-0.3, -0.25) is 14.3 Å². The first-order chi connectivity index (χ1) is 13.0. The summed E-state index contributed by atoms with van der Waals surface area (Å²) in [6, 6.07) is 10.7. The zero-order valence-corrected chi connectivity index (χ0v) is 15.4. The maximum atomic E-state index is 12.8. The molecule has 2 aromatic heterocycles. The van der Waals surface area contributed by atoms with Crippen molar-refractivity contribution < 1.29 is 14.3 Å². The molecular weight excluding hydrogens is 346 g/mol. The van der Waals surface area contributed by atoms with Crippen molar-refractivity contribution in [2.75, 3.05) is 26.0 Å². The molecule has 2 heterocycles. The topological polar surface area (TPSA) is 81.4 Å². The van der Waals surface area contributed by atoms with E-state index in [0.29, 0.717) is 22.8 Å². The van der Waals surface area contributed by atoms with E-state index in [-0.39, 0.29) is 18.4 Å². The van der Waals surface area contributed by atoms with Crippen LogP contribution in [0.2, 0.25) is 0 Å². The van der Waals surface area contributed by atoms with Crippen molar-refractivity contribution >= 4 is 17.5 Å². The molecule has 27 heavy (non-hydrogen) atoms. The number of amides is 2. The van der Waals surface area contributed by atoms with Crippen molar-refractivity contribution in [2.24, 2.45) is 7.05 Å². The predicted molar refractivity (Wildman–Crippen MR) is 101 cm³/mol. The fourth-order valence-electron chi connectivity index (χ4n) is 2.73. The number of methoxy groups -OCH3 is 1. The lowest BCUT2D eigenvalue weighted by Crippen LogP contribution is -2.35. The second-order valence-electron chi connectivity index (χ2n) is 6.03. The molecule has 0 saturated carbocycles. The molecule has 0 aliphatic rings. The minimum atomic E-state index is -0.289. The highest BCUT2D eigenvalue weighted by Gasteiger charge is 2.22. The van der Waals surface area contributed by atoms with Crippen molar-refractivity contribution in [2.45, 2.75) is 0 Å². The molecular formula is C19H21N5O3. The molecule has 1 N–H and O–H groups in total. The summed E-state index contributed by atoms with van der Waals surface area (Å²) < 4.78 is 8.52. The van der Waals surface area contributed by atoms with Crippen LogP contribution in [0, 0.1) is 0 Å². The molecule has 8 nitrogen and oxygen atoms in total. The molecule has 1 aromatic carbocycles. The largest absolute Gasteiger partial charge is 0.497 e. The van der Waals surface area contributed by atoms with Gasteiger partial charge < -0.3 is 19.5 Å². The zero-order valence-electron chi connectivity index (χ0n) is 15.4. The van der Waals surface area contributed by atoms with E-state index in [9.17, 15) is 9.59 Å². The molecule has 0 aliphatic carbocycles. The van der Waals surface area contributed by atoms with Crippen LogP contribution in [-0.2, 0) is 11.8 Å². The van der Waals surface area contributed by atoms with Crippen LogP contribution in [0.1, 0.15) is 10.4 Å². The van der Waals surface area contributed by atoms with Gasteiger partial charge >= 0.3 is 0 Å². The first-order valence-corrected chi connectivity index (χ1v) is 8.34. The molecule has 0 radical (unpaired) electrons. The van der Waals surface area contributed by atoms with Gasteiger partial charge in [0.1, 0.15) is 17.1 Å². The molecule has 0 spiro atoms. The summed E-state index contributed by atoms with van der Waals surface area (Å²) in [4.78, 5) is 26.4. The van der Waals surface area contributed by atoms with Crippen LogP contribution in [0.3, 0.4) is 0 Å². The van der Waals surface area contributed by atoms with E-state index in [1.165, 1.54) is 11.1 Å². The van der Waals surface area contributed by atoms with Gasteiger partial charge in [-0.05, 0) is 36.4 Å². The molecule has 8 heteroatoms. The lowest BCUT2D eigenvalue weighted by molar-refractivity contribution is -0.116. The number of ether oxygens (including phenoxy) is 1. The number of nitrogens with zero attached hydrogens (tertiary/aromatic N) is 4. The summed E-state index contributed by atoms with van der Waals surface area (Å²) in [6.07, 6.45) is 5.18. The van der Waals surface area contributed by atoms with E-state index in [2.05, 4.69) is 10.4 Å². The zero-order chi connectivity index (χ0) is 19.4. The fourth-order valence-corrected chi connectivity index (χ4v) is 2.73. The van der Waals surface area contributed by atoms with E-state index >= 15 is 0 Å². The molecule has 0 saturated heterocycles. The average Bonchev–Trinajstić information content (AvgIpc) is 3.30. The Morgan fingerprint density at radius 1 is 1.19 bits per heavy atom. The van der Waals surface area contributed by atoms with Crippen molar-refractivity contribution in [1.29, 1.82) is 0 Å². The maximum absolute atomic E-state index is 12.8. The van der Waals surface area contributed by atoms with Gasteiger partial charge in [-0.2, -0.15) is 5.10 Å². The lowest BCUT2D eigenvalue weighted by Gasteiger charge is -2.17. The molecule has 0 aliphatic heterocycles. The summed E-state index contributed by atoms with van der Waals surface area (Å²) in [5.74, 6) is 0.779. The molecule has 0 unspecified atom stereocenters. The summed E-state index contributed by atoms with van der Waals surface area (Å²) in [5, 5.41) is 6.94. The van der Waals surface area contributed by atoms with Crippen LogP contribution in [0.4, 0.5) is 5.69 Å². The Kier molecular flexibility index (Phi) is 5.25. The minimum absolute atomic E-state index is 0.0785. The highest BCUT2D eigenvalue weighted by molar-refractivity contribution is 6.00. The highest BCUT2D eigenvalue weighted by Crippen LogP contribution is 2.17. The Bertz CT molecular complexity index is 929. The summed E-state index contributed by atoms with van der Waals surface area (Å²) >= 11 is 0. The third-order valence-corrected chi connectivity index (χ3v) is 4.09. The number of benzene rings is 1. The van der Waals surface area contributed by atoms with Crippen LogP contribution in [0.5, 0.6) is 5.75 Å². The number of anilines is 1. The molecule has 3 rings (SSSR count). The van der Waals surface area contributed by atoms with Gasteiger partial charge in [0, 0.05) is 32.2 Å². The van der Waals surface area contributed by atoms with Gasteiger partial charge in [0.15, 0.2) is 0 Å². The SMILES string of the molecule is COc1ccc(NC(=O)CN(C)C(=O)c2cnn(C)c2-n2cccc2)cc1.